The molecule has 1 aliphatic rings. The predicted molar refractivity (Wildman–Crippen MR) is 62.5 cm³/mol. The number of nitrogens with one attached hydrogen (secondary N) is 2. The monoisotopic (exact) mass is 237 g/mol. The Kier molecular flexibility index (Phi) is 4.33. The minimum atomic E-state index is -0.334. The molecule has 0 aromatic carbocycles. The molecule has 0 aliphatic carbocycles. The Morgan fingerprint density at radius 3 is 2.76 bits per heavy atom. The summed E-state index contributed by atoms with van der Waals surface area (Å²) in [6.45, 7) is 5.30. The zero-order valence-corrected chi connectivity index (χ0v) is 9.56. The van der Waals surface area contributed by atoms with Crippen LogP contribution in [0, 0.1) is 0 Å². The molecule has 6 nitrogen and oxygen atoms in total. The lowest BCUT2D eigenvalue weighted by atomic mass is 10.4. The molecule has 0 radical (unpaired) electrons. The molecule has 3 N–H and O–H groups in total. The van der Waals surface area contributed by atoms with Gasteiger partial charge in [-0.2, -0.15) is 0 Å². The van der Waals surface area contributed by atoms with E-state index in [4.69, 9.17) is 5.11 Å². The normalized spacial score (nSPS) is 15.4. The topological polar surface area (TPSA) is 81.7 Å². The molecular formula is C11H15N3O3. The van der Waals surface area contributed by atoms with Gasteiger partial charge in [-0.3, -0.25) is 9.59 Å². The summed E-state index contributed by atoms with van der Waals surface area (Å²) in [5.74, 6) is -0.609. The fraction of sp³-hybridized carbons (Fsp3) is 0.273. The Bertz CT molecular complexity index is 381. The highest BCUT2D eigenvalue weighted by molar-refractivity contribution is 5.96. The fourth-order valence-electron chi connectivity index (χ4n) is 1.20. The van der Waals surface area contributed by atoms with E-state index >= 15 is 0 Å². The van der Waals surface area contributed by atoms with Gasteiger partial charge in [-0.15, -0.1) is 0 Å². The Balaban J connectivity index is 2.31. The standard InChI is InChI=1S/C11H15N3O3/c1-3-9(15)12-7-13-10(16)6-14-8(2)4-5-11(14)17/h3-5,12,15H,2,6-7H2,1H3,(H,13,16). The van der Waals surface area contributed by atoms with E-state index in [9.17, 15) is 9.59 Å². The Morgan fingerprint density at radius 1 is 1.53 bits per heavy atom. The molecule has 0 fully saturated rings. The second-order valence-corrected chi connectivity index (χ2v) is 3.38. The Morgan fingerprint density at radius 2 is 2.24 bits per heavy atom. The van der Waals surface area contributed by atoms with Gasteiger partial charge in [0, 0.05) is 11.8 Å². The average molecular weight is 237 g/mol. The molecule has 2 amide bonds. The molecular weight excluding hydrogens is 222 g/mol. The molecule has 0 saturated carbocycles. The van der Waals surface area contributed by atoms with Crippen molar-refractivity contribution >= 4 is 11.8 Å². The molecule has 0 aromatic heterocycles. The molecule has 6 heteroatoms. The number of aliphatic hydroxyl groups is 1. The zero-order chi connectivity index (χ0) is 12.8. The van der Waals surface area contributed by atoms with E-state index in [0.717, 1.165) is 0 Å². The maximum absolute atomic E-state index is 11.4. The van der Waals surface area contributed by atoms with Crippen LogP contribution in [0.25, 0.3) is 0 Å². The molecule has 0 bridgehead atoms. The zero-order valence-electron chi connectivity index (χ0n) is 9.56. The number of amides is 2. The lowest BCUT2D eigenvalue weighted by Gasteiger charge is -2.16. The molecule has 1 rings (SSSR count). The van der Waals surface area contributed by atoms with E-state index in [-0.39, 0.29) is 30.9 Å². The van der Waals surface area contributed by atoms with Crippen LogP contribution in [0.15, 0.2) is 36.4 Å². The van der Waals surface area contributed by atoms with Crippen LogP contribution < -0.4 is 10.6 Å². The summed E-state index contributed by atoms with van der Waals surface area (Å²) < 4.78 is 0. The van der Waals surface area contributed by atoms with Crippen molar-refractivity contribution in [1.29, 1.82) is 0 Å². The minimum Gasteiger partial charge on any atom is -0.495 e. The van der Waals surface area contributed by atoms with E-state index in [1.165, 1.54) is 17.1 Å². The van der Waals surface area contributed by atoms with Crippen LogP contribution in [0.3, 0.4) is 0 Å². The number of carbonyl (C=O) groups is 2. The van der Waals surface area contributed by atoms with Crippen LogP contribution in [0.2, 0.25) is 0 Å². The maximum Gasteiger partial charge on any atom is 0.251 e. The van der Waals surface area contributed by atoms with Crippen molar-refractivity contribution in [3.63, 3.8) is 0 Å². The number of carbonyl (C=O) groups excluding carboxylic acids is 2. The molecule has 0 atom stereocenters. The van der Waals surface area contributed by atoms with Gasteiger partial charge in [-0.1, -0.05) is 6.58 Å². The molecule has 92 valence electrons. The number of allylic oxidation sites excluding steroid dienone is 2. The third-order valence-electron chi connectivity index (χ3n) is 2.16. The summed E-state index contributed by atoms with van der Waals surface area (Å²) in [7, 11) is 0. The smallest absolute Gasteiger partial charge is 0.251 e. The van der Waals surface area contributed by atoms with Gasteiger partial charge < -0.3 is 20.6 Å². The van der Waals surface area contributed by atoms with Crippen LogP contribution in [-0.4, -0.2) is 35.0 Å². The van der Waals surface area contributed by atoms with Crippen molar-refractivity contribution in [2.45, 2.75) is 6.92 Å². The largest absolute Gasteiger partial charge is 0.495 e. The Hall–Kier alpha value is -2.24. The number of nitrogens with zero attached hydrogens (tertiary/aromatic N) is 1. The second-order valence-electron chi connectivity index (χ2n) is 3.38. The fourth-order valence-corrected chi connectivity index (χ4v) is 1.20. The Labute approximate surface area is 99.3 Å². The van der Waals surface area contributed by atoms with Gasteiger partial charge in [0.2, 0.25) is 5.91 Å². The van der Waals surface area contributed by atoms with Crippen molar-refractivity contribution in [3.8, 4) is 0 Å². The van der Waals surface area contributed by atoms with Crippen molar-refractivity contribution in [1.82, 2.24) is 15.5 Å². The van der Waals surface area contributed by atoms with E-state index in [0.29, 0.717) is 5.70 Å². The van der Waals surface area contributed by atoms with Crippen LogP contribution in [0.5, 0.6) is 0 Å². The number of aliphatic hydroxyl groups excluding tert-OH is 1. The first kappa shape index (κ1) is 12.8. The van der Waals surface area contributed by atoms with E-state index in [2.05, 4.69) is 17.2 Å². The van der Waals surface area contributed by atoms with E-state index in [1.54, 1.807) is 13.0 Å². The summed E-state index contributed by atoms with van der Waals surface area (Å²) in [6, 6.07) is 0. The molecule has 0 spiro atoms. The molecule has 17 heavy (non-hydrogen) atoms. The third kappa shape index (κ3) is 3.67. The van der Waals surface area contributed by atoms with Gasteiger partial charge >= 0.3 is 0 Å². The summed E-state index contributed by atoms with van der Waals surface area (Å²) >= 11 is 0. The molecule has 0 unspecified atom stereocenters. The van der Waals surface area contributed by atoms with Crippen molar-refractivity contribution < 1.29 is 14.7 Å². The third-order valence-corrected chi connectivity index (χ3v) is 2.16. The first-order chi connectivity index (χ1) is 8.04. The minimum absolute atomic E-state index is 0.0198. The highest BCUT2D eigenvalue weighted by Crippen LogP contribution is 2.11. The first-order valence-corrected chi connectivity index (χ1v) is 5.09. The quantitative estimate of drug-likeness (QED) is 0.463. The molecule has 1 aliphatic heterocycles. The summed E-state index contributed by atoms with van der Waals surface area (Å²) in [6.07, 6.45) is 4.38. The van der Waals surface area contributed by atoms with Gasteiger partial charge in [0.15, 0.2) is 5.88 Å². The lowest BCUT2D eigenvalue weighted by molar-refractivity contribution is -0.130. The number of hydrogen-bond donors (Lipinski definition) is 3. The maximum atomic E-state index is 11.4. The van der Waals surface area contributed by atoms with Crippen LogP contribution >= 0.6 is 0 Å². The van der Waals surface area contributed by atoms with Crippen LogP contribution in [-0.2, 0) is 9.59 Å². The van der Waals surface area contributed by atoms with Gasteiger partial charge in [-0.05, 0) is 19.1 Å². The highest BCUT2D eigenvalue weighted by atomic mass is 16.3. The summed E-state index contributed by atoms with van der Waals surface area (Å²) in [5, 5.41) is 14.1. The van der Waals surface area contributed by atoms with Gasteiger partial charge in [-0.25, -0.2) is 0 Å². The SMILES string of the molecule is C=C1C=CC(=O)N1CC(=O)NCNC(O)=CC. The predicted octanol–water partition coefficient (Wildman–Crippen LogP) is -0.0189. The summed E-state index contributed by atoms with van der Waals surface area (Å²) in [4.78, 5) is 24.0. The first-order valence-electron chi connectivity index (χ1n) is 5.09. The van der Waals surface area contributed by atoms with Crippen LogP contribution in [0.4, 0.5) is 0 Å². The van der Waals surface area contributed by atoms with Crippen molar-refractivity contribution in [2.75, 3.05) is 13.2 Å². The molecule has 0 saturated heterocycles. The number of hydrogen-bond acceptors (Lipinski definition) is 4. The van der Waals surface area contributed by atoms with Crippen LogP contribution in [0.1, 0.15) is 6.92 Å². The van der Waals surface area contributed by atoms with E-state index < -0.39 is 0 Å². The van der Waals surface area contributed by atoms with Crippen molar-refractivity contribution in [2.24, 2.45) is 0 Å². The summed E-state index contributed by atoms with van der Waals surface area (Å²) in [5.41, 5.74) is 0.495. The highest BCUT2D eigenvalue weighted by Gasteiger charge is 2.20. The molecule has 0 aromatic rings. The van der Waals surface area contributed by atoms with Gasteiger partial charge in [0.25, 0.3) is 5.91 Å². The van der Waals surface area contributed by atoms with E-state index in [1.807, 2.05) is 0 Å². The second kappa shape index (κ2) is 5.74. The van der Waals surface area contributed by atoms with Gasteiger partial charge in [0.05, 0.1) is 6.67 Å². The lowest BCUT2D eigenvalue weighted by Crippen LogP contribution is -2.40. The number of rotatable bonds is 5. The molecule has 1 heterocycles. The van der Waals surface area contributed by atoms with Crippen molar-refractivity contribution in [3.05, 3.63) is 36.4 Å². The average Bonchev–Trinajstić information content (AvgIpc) is 2.60. The van der Waals surface area contributed by atoms with Gasteiger partial charge in [0.1, 0.15) is 6.54 Å².